The van der Waals surface area contributed by atoms with E-state index in [4.69, 9.17) is 10.5 Å². The molecule has 2 unspecified atom stereocenters. The molecule has 1 amide bonds. The molecule has 5 nitrogen and oxygen atoms in total. The molecule has 0 spiro atoms. The van der Waals surface area contributed by atoms with Crippen LogP contribution in [0.15, 0.2) is 0 Å². The second kappa shape index (κ2) is 3.66. The Bertz CT molecular complexity index is 151. The minimum absolute atomic E-state index is 0.204. The fourth-order valence-corrected chi connectivity index (χ4v) is 1.02. The van der Waals surface area contributed by atoms with Crippen LogP contribution in [0.3, 0.4) is 0 Å². The molecule has 1 aliphatic heterocycles. The van der Waals surface area contributed by atoms with Gasteiger partial charge in [0.15, 0.2) is 0 Å². The first-order valence-corrected chi connectivity index (χ1v) is 3.42. The first-order valence-electron chi connectivity index (χ1n) is 3.42. The van der Waals surface area contributed by atoms with E-state index in [9.17, 15) is 4.79 Å². The molecule has 0 aromatic heterocycles. The van der Waals surface area contributed by atoms with Gasteiger partial charge in [-0.2, -0.15) is 0 Å². The van der Waals surface area contributed by atoms with E-state index >= 15 is 0 Å². The fourth-order valence-electron chi connectivity index (χ4n) is 1.02. The van der Waals surface area contributed by atoms with Crippen LogP contribution in [0.1, 0.15) is 0 Å². The van der Waals surface area contributed by atoms with Gasteiger partial charge in [0.25, 0.3) is 5.91 Å². The summed E-state index contributed by atoms with van der Waals surface area (Å²) in [4.78, 5) is 15.5. The number of hydrogen-bond acceptors (Lipinski definition) is 4. The lowest BCUT2D eigenvalue weighted by Crippen LogP contribution is -2.40. The summed E-state index contributed by atoms with van der Waals surface area (Å²) >= 11 is 0. The van der Waals surface area contributed by atoms with Crippen LogP contribution in [0.4, 0.5) is 0 Å². The van der Waals surface area contributed by atoms with Gasteiger partial charge in [0, 0.05) is 6.04 Å². The first kappa shape index (κ1) is 8.45. The summed E-state index contributed by atoms with van der Waals surface area (Å²) in [6.45, 7) is 0.832. The van der Waals surface area contributed by atoms with Gasteiger partial charge >= 0.3 is 0 Å². The molecular weight excluding hydrogens is 148 g/mol. The number of hydroxylamine groups is 1. The molecule has 1 aliphatic rings. The number of nitrogens with two attached hydrogens (primary N) is 1. The van der Waals surface area contributed by atoms with Crippen molar-refractivity contribution in [1.82, 2.24) is 5.48 Å². The fraction of sp³-hybridized carbons (Fsp3) is 0.833. The van der Waals surface area contributed by atoms with Crippen LogP contribution in [-0.4, -0.2) is 32.3 Å². The maximum atomic E-state index is 11.1. The lowest BCUT2D eigenvalue weighted by molar-refractivity contribution is -0.135. The van der Waals surface area contributed by atoms with E-state index in [0.717, 1.165) is 0 Å². The van der Waals surface area contributed by atoms with E-state index in [1.165, 1.54) is 7.11 Å². The second-order valence-electron chi connectivity index (χ2n) is 2.48. The SMILES string of the molecule is CONC(=O)C1COCC1N. The third-order valence-corrected chi connectivity index (χ3v) is 1.66. The maximum Gasteiger partial charge on any atom is 0.250 e. The quantitative estimate of drug-likeness (QED) is 0.489. The van der Waals surface area contributed by atoms with Gasteiger partial charge in [0.05, 0.1) is 26.2 Å². The number of carbonyl (C=O) groups excluding carboxylic acids is 1. The Morgan fingerprint density at radius 2 is 2.45 bits per heavy atom. The Hall–Kier alpha value is -0.650. The molecule has 2 atom stereocenters. The van der Waals surface area contributed by atoms with E-state index < -0.39 is 0 Å². The summed E-state index contributed by atoms with van der Waals surface area (Å²) in [5, 5.41) is 0. The van der Waals surface area contributed by atoms with Crippen molar-refractivity contribution in [1.29, 1.82) is 0 Å². The lowest BCUT2D eigenvalue weighted by Gasteiger charge is -2.10. The van der Waals surface area contributed by atoms with Crippen LogP contribution in [0.25, 0.3) is 0 Å². The number of carbonyl (C=O) groups is 1. The topological polar surface area (TPSA) is 73.6 Å². The standard InChI is InChI=1S/C6H12N2O3/c1-10-8-6(9)4-2-11-3-5(4)7/h4-5H,2-3,7H2,1H3,(H,8,9). The third kappa shape index (κ3) is 1.89. The number of hydrogen-bond donors (Lipinski definition) is 2. The van der Waals surface area contributed by atoms with Crippen molar-refractivity contribution in [2.24, 2.45) is 11.7 Å². The van der Waals surface area contributed by atoms with Crippen molar-refractivity contribution >= 4 is 5.91 Å². The van der Waals surface area contributed by atoms with E-state index in [0.29, 0.717) is 13.2 Å². The molecule has 64 valence electrons. The van der Waals surface area contributed by atoms with E-state index in [1.807, 2.05) is 0 Å². The van der Waals surface area contributed by atoms with Crippen molar-refractivity contribution in [2.75, 3.05) is 20.3 Å². The van der Waals surface area contributed by atoms with E-state index in [2.05, 4.69) is 10.3 Å². The highest BCUT2D eigenvalue weighted by atomic mass is 16.6. The molecule has 0 bridgehead atoms. The predicted octanol–water partition coefficient (Wildman–Crippen LogP) is -1.36. The van der Waals surface area contributed by atoms with Crippen molar-refractivity contribution in [3.63, 3.8) is 0 Å². The van der Waals surface area contributed by atoms with Crippen molar-refractivity contribution < 1.29 is 14.4 Å². The van der Waals surface area contributed by atoms with Gasteiger partial charge in [-0.3, -0.25) is 9.63 Å². The summed E-state index contributed by atoms with van der Waals surface area (Å²) in [6, 6.07) is -0.204. The van der Waals surface area contributed by atoms with Crippen LogP contribution >= 0.6 is 0 Å². The number of amides is 1. The van der Waals surface area contributed by atoms with Crippen LogP contribution in [0, 0.1) is 5.92 Å². The molecule has 1 fully saturated rings. The van der Waals surface area contributed by atoms with E-state index in [-0.39, 0.29) is 17.9 Å². The predicted molar refractivity (Wildman–Crippen MR) is 37.4 cm³/mol. The van der Waals surface area contributed by atoms with Gasteiger partial charge in [-0.25, -0.2) is 5.48 Å². The smallest absolute Gasteiger partial charge is 0.250 e. The van der Waals surface area contributed by atoms with Gasteiger partial charge in [0.2, 0.25) is 0 Å². The lowest BCUT2D eigenvalue weighted by atomic mass is 10.0. The molecule has 11 heavy (non-hydrogen) atoms. The second-order valence-corrected chi connectivity index (χ2v) is 2.48. The summed E-state index contributed by atoms with van der Waals surface area (Å²) in [5.74, 6) is -0.479. The van der Waals surface area contributed by atoms with E-state index in [1.54, 1.807) is 0 Å². The van der Waals surface area contributed by atoms with Crippen LogP contribution in [0.5, 0.6) is 0 Å². The number of ether oxygens (including phenoxy) is 1. The average molecular weight is 160 g/mol. The maximum absolute atomic E-state index is 11.1. The Labute approximate surface area is 64.8 Å². The van der Waals surface area contributed by atoms with Gasteiger partial charge in [-0.1, -0.05) is 0 Å². The zero-order valence-corrected chi connectivity index (χ0v) is 6.37. The highest BCUT2D eigenvalue weighted by Gasteiger charge is 2.31. The molecule has 5 heteroatoms. The summed E-state index contributed by atoms with van der Waals surface area (Å²) in [6.07, 6.45) is 0. The Kier molecular flexibility index (Phi) is 2.81. The van der Waals surface area contributed by atoms with Crippen molar-refractivity contribution in [3.05, 3.63) is 0 Å². The normalized spacial score (nSPS) is 30.4. The Morgan fingerprint density at radius 3 is 2.91 bits per heavy atom. The molecule has 0 aromatic carbocycles. The number of rotatable bonds is 2. The molecule has 3 N–H and O–H groups in total. The minimum Gasteiger partial charge on any atom is -0.379 e. The van der Waals surface area contributed by atoms with Crippen molar-refractivity contribution in [2.45, 2.75) is 6.04 Å². The van der Waals surface area contributed by atoms with Crippen molar-refractivity contribution in [3.8, 4) is 0 Å². The molecule has 0 aliphatic carbocycles. The van der Waals surface area contributed by atoms with Crippen LogP contribution < -0.4 is 11.2 Å². The van der Waals surface area contributed by atoms with Gasteiger partial charge in [-0.05, 0) is 0 Å². The summed E-state index contributed by atoms with van der Waals surface area (Å²) in [7, 11) is 1.39. The molecule has 0 radical (unpaired) electrons. The molecule has 1 heterocycles. The molecule has 0 saturated carbocycles. The van der Waals surface area contributed by atoms with Gasteiger partial charge < -0.3 is 10.5 Å². The van der Waals surface area contributed by atoms with Gasteiger partial charge in [0.1, 0.15) is 0 Å². The minimum atomic E-state index is -0.269. The zero-order chi connectivity index (χ0) is 8.27. The molecule has 1 rings (SSSR count). The van der Waals surface area contributed by atoms with Crippen LogP contribution in [-0.2, 0) is 14.4 Å². The summed E-state index contributed by atoms with van der Waals surface area (Å²) < 4.78 is 5.00. The number of nitrogens with one attached hydrogen (secondary N) is 1. The third-order valence-electron chi connectivity index (χ3n) is 1.66. The van der Waals surface area contributed by atoms with Crippen LogP contribution in [0.2, 0.25) is 0 Å². The Morgan fingerprint density at radius 1 is 1.73 bits per heavy atom. The van der Waals surface area contributed by atoms with Gasteiger partial charge in [-0.15, -0.1) is 0 Å². The highest BCUT2D eigenvalue weighted by molar-refractivity contribution is 5.78. The molecule has 0 aromatic rings. The monoisotopic (exact) mass is 160 g/mol. The average Bonchev–Trinajstić information content (AvgIpc) is 2.36. The largest absolute Gasteiger partial charge is 0.379 e. The highest BCUT2D eigenvalue weighted by Crippen LogP contribution is 2.10. The zero-order valence-electron chi connectivity index (χ0n) is 6.37. The molecule has 1 saturated heterocycles. The Balaban J connectivity index is 2.39. The first-order chi connectivity index (χ1) is 5.25. The summed E-state index contributed by atoms with van der Waals surface area (Å²) in [5.41, 5.74) is 7.79. The molecular formula is C6H12N2O3.